The van der Waals surface area contributed by atoms with Crippen LogP contribution in [-0.2, 0) is 11.3 Å². The van der Waals surface area contributed by atoms with Gasteiger partial charge >= 0.3 is 0 Å². The molecule has 1 aliphatic heterocycles. The molecule has 4 heteroatoms. The molecule has 0 bridgehead atoms. The van der Waals surface area contributed by atoms with Gasteiger partial charge in [0.05, 0.1) is 13.7 Å². The van der Waals surface area contributed by atoms with Crippen LogP contribution in [0.3, 0.4) is 0 Å². The lowest BCUT2D eigenvalue weighted by Gasteiger charge is -2.30. The van der Waals surface area contributed by atoms with Crippen LogP contribution in [0.2, 0.25) is 0 Å². The minimum absolute atomic E-state index is 0.106. The van der Waals surface area contributed by atoms with Gasteiger partial charge in [-0.3, -0.25) is 9.69 Å². The molecule has 1 heterocycles. The maximum atomic E-state index is 11.9. The van der Waals surface area contributed by atoms with Crippen LogP contribution in [0.4, 0.5) is 0 Å². The molecule has 0 aliphatic carbocycles. The predicted molar refractivity (Wildman–Crippen MR) is 79.7 cm³/mol. The zero-order valence-corrected chi connectivity index (χ0v) is 12.4. The molecular formula is C16H24N2O2. The Morgan fingerprint density at radius 3 is 2.80 bits per heavy atom. The Labute approximate surface area is 121 Å². The van der Waals surface area contributed by atoms with Crippen LogP contribution in [-0.4, -0.2) is 37.6 Å². The third-order valence-corrected chi connectivity index (χ3v) is 3.76. The van der Waals surface area contributed by atoms with Crippen LogP contribution in [0.15, 0.2) is 24.3 Å². The molecule has 110 valence electrons. The quantitative estimate of drug-likeness (QED) is 0.895. The molecule has 1 amide bonds. The second-order valence-corrected chi connectivity index (χ2v) is 5.61. The summed E-state index contributed by atoms with van der Waals surface area (Å²) >= 11 is 0. The highest BCUT2D eigenvalue weighted by Gasteiger charge is 2.18. The van der Waals surface area contributed by atoms with E-state index in [2.05, 4.69) is 17.1 Å². The van der Waals surface area contributed by atoms with E-state index in [9.17, 15) is 4.79 Å². The van der Waals surface area contributed by atoms with E-state index >= 15 is 0 Å². The number of methoxy groups -OCH3 is 1. The van der Waals surface area contributed by atoms with Gasteiger partial charge in [0.1, 0.15) is 5.75 Å². The standard InChI is InChI=1S/C16H24N2O2/c1-13-4-3-9-18(11-13)12-16(19)17-10-14-5-7-15(20-2)8-6-14/h5-8,13H,3-4,9-12H2,1-2H3,(H,17,19). The van der Waals surface area contributed by atoms with Crippen LogP contribution in [0, 0.1) is 5.92 Å². The van der Waals surface area contributed by atoms with Gasteiger partial charge in [-0.15, -0.1) is 0 Å². The maximum absolute atomic E-state index is 11.9. The number of amides is 1. The number of nitrogens with zero attached hydrogens (tertiary/aromatic N) is 1. The first-order chi connectivity index (χ1) is 9.67. The number of ether oxygens (including phenoxy) is 1. The molecule has 1 unspecified atom stereocenters. The third kappa shape index (κ3) is 4.53. The van der Waals surface area contributed by atoms with Gasteiger partial charge in [-0.2, -0.15) is 0 Å². The van der Waals surface area contributed by atoms with Gasteiger partial charge in [0, 0.05) is 13.1 Å². The molecule has 4 nitrogen and oxygen atoms in total. The molecule has 0 saturated carbocycles. The van der Waals surface area contributed by atoms with Crippen molar-refractivity contribution in [3.63, 3.8) is 0 Å². The fourth-order valence-corrected chi connectivity index (χ4v) is 2.63. The van der Waals surface area contributed by atoms with Crippen LogP contribution in [0.1, 0.15) is 25.3 Å². The fraction of sp³-hybridized carbons (Fsp3) is 0.562. The van der Waals surface area contributed by atoms with Gasteiger partial charge < -0.3 is 10.1 Å². The third-order valence-electron chi connectivity index (χ3n) is 3.76. The number of carbonyl (C=O) groups is 1. The maximum Gasteiger partial charge on any atom is 0.234 e. The largest absolute Gasteiger partial charge is 0.497 e. The SMILES string of the molecule is COc1ccc(CNC(=O)CN2CCCC(C)C2)cc1. The number of nitrogens with one attached hydrogen (secondary N) is 1. The summed E-state index contributed by atoms with van der Waals surface area (Å²) in [5.74, 6) is 1.65. The van der Waals surface area contributed by atoms with Crippen molar-refractivity contribution in [2.45, 2.75) is 26.3 Å². The normalized spacial score (nSPS) is 19.6. The second kappa shape index (κ2) is 7.29. The Kier molecular flexibility index (Phi) is 5.41. The molecule has 20 heavy (non-hydrogen) atoms. The van der Waals surface area contributed by atoms with Gasteiger partial charge in [0.2, 0.25) is 5.91 Å². The highest BCUT2D eigenvalue weighted by molar-refractivity contribution is 5.78. The van der Waals surface area contributed by atoms with Gasteiger partial charge in [0.15, 0.2) is 0 Å². The minimum atomic E-state index is 0.106. The Morgan fingerprint density at radius 1 is 1.40 bits per heavy atom. The molecule has 0 radical (unpaired) electrons. The van der Waals surface area contributed by atoms with Gasteiger partial charge in [-0.25, -0.2) is 0 Å². The van der Waals surface area contributed by atoms with Crippen molar-refractivity contribution in [2.24, 2.45) is 5.92 Å². The van der Waals surface area contributed by atoms with Gasteiger partial charge in [-0.1, -0.05) is 19.1 Å². The summed E-state index contributed by atoms with van der Waals surface area (Å²) in [5.41, 5.74) is 1.09. The lowest BCUT2D eigenvalue weighted by atomic mass is 10.0. The summed E-state index contributed by atoms with van der Waals surface area (Å²) in [7, 11) is 1.65. The average molecular weight is 276 g/mol. The monoisotopic (exact) mass is 276 g/mol. The fourth-order valence-electron chi connectivity index (χ4n) is 2.63. The first-order valence-electron chi connectivity index (χ1n) is 7.29. The van der Waals surface area contributed by atoms with Gasteiger partial charge in [-0.05, 0) is 43.0 Å². The van der Waals surface area contributed by atoms with E-state index in [-0.39, 0.29) is 5.91 Å². The van der Waals surface area contributed by atoms with E-state index < -0.39 is 0 Å². The molecule has 1 N–H and O–H groups in total. The molecule has 1 fully saturated rings. The molecule has 1 aliphatic rings. The molecule has 0 spiro atoms. The lowest BCUT2D eigenvalue weighted by molar-refractivity contribution is -0.122. The van der Waals surface area contributed by atoms with E-state index in [0.29, 0.717) is 19.0 Å². The second-order valence-electron chi connectivity index (χ2n) is 5.61. The van der Waals surface area contributed by atoms with E-state index in [1.54, 1.807) is 7.11 Å². The zero-order valence-electron chi connectivity index (χ0n) is 12.4. The van der Waals surface area contributed by atoms with E-state index in [1.807, 2.05) is 24.3 Å². The number of hydrogen-bond acceptors (Lipinski definition) is 3. The summed E-state index contributed by atoms with van der Waals surface area (Å²) in [6.45, 7) is 5.42. The first kappa shape index (κ1) is 14.9. The molecular weight excluding hydrogens is 252 g/mol. The molecule has 0 aromatic heterocycles. The van der Waals surface area contributed by atoms with Crippen molar-refractivity contribution in [1.29, 1.82) is 0 Å². The topological polar surface area (TPSA) is 41.6 Å². The highest BCUT2D eigenvalue weighted by atomic mass is 16.5. The van der Waals surface area contributed by atoms with Crippen LogP contribution in [0.25, 0.3) is 0 Å². The summed E-state index contributed by atoms with van der Waals surface area (Å²) in [6.07, 6.45) is 2.48. The zero-order chi connectivity index (χ0) is 14.4. The van der Waals surface area contributed by atoms with Crippen molar-refractivity contribution < 1.29 is 9.53 Å². The first-order valence-corrected chi connectivity index (χ1v) is 7.29. The molecule has 1 aromatic carbocycles. The Hall–Kier alpha value is -1.55. The van der Waals surface area contributed by atoms with E-state index in [0.717, 1.165) is 24.4 Å². The Bertz CT molecular complexity index is 431. The number of piperidine rings is 1. The summed E-state index contributed by atoms with van der Waals surface area (Å²) in [6, 6.07) is 7.77. The minimum Gasteiger partial charge on any atom is -0.497 e. The number of rotatable bonds is 5. The number of hydrogen-bond donors (Lipinski definition) is 1. The Morgan fingerprint density at radius 2 is 2.15 bits per heavy atom. The van der Waals surface area contributed by atoms with Gasteiger partial charge in [0.25, 0.3) is 0 Å². The van der Waals surface area contributed by atoms with Crippen molar-refractivity contribution in [1.82, 2.24) is 10.2 Å². The molecule has 2 rings (SSSR count). The lowest BCUT2D eigenvalue weighted by Crippen LogP contribution is -2.41. The van der Waals surface area contributed by atoms with E-state index in [4.69, 9.17) is 4.74 Å². The van der Waals surface area contributed by atoms with Crippen LogP contribution >= 0.6 is 0 Å². The molecule has 1 aromatic rings. The Balaban J connectivity index is 1.73. The van der Waals surface area contributed by atoms with Crippen molar-refractivity contribution in [2.75, 3.05) is 26.7 Å². The number of benzene rings is 1. The summed E-state index contributed by atoms with van der Waals surface area (Å²) < 4.78 is 5.11. The predicted octanol–water partition coefficient (Wildman–Crippen LogP) is 2.04. The number of likely N-dealkylation sites (tertiary alicyclic amines) is 1. The smallest absolute Gasteiger partial charge is 0.234 e. The number of carbonyl (C=O) groups excluding carboxylic acids is 1. The van der Waals surface area contributed by atoms with E-state index in [1.165, 1.54) is 12.8 Å². The van der Waals surface area contributed by atoms with Crippen molar-refractivity contribution in [3.8, 4) is 5.75 Å². The molecule has 1 atom stereocenters. The van der Waals surface area contributed by atoms with Crippen molar-refractivity contribution in [3.05, 3.63) is 29.8 Å². The average Bonchev–Trinajstić information content (AvgIpc) is 2.46. The van der Waals surface area contributed by atoms with Crippen molar-refractivity contribution >= 4 is 5.91 Å². The highest BCUT2D eigenvalue weighted by Crippen LogP contribution is 2.15. The van der Waals surface area contributed by atoms with Crippen LogP contribution in [0.5, 0.6) is 5.75 Å². The molecule has 1 saturated heterocycles. The van der Waals surface area contributed by atoms with Crippen LogP contribution < -0.4 is 10.1 Å². The summed E-state index contributed by atoms with van der Waals surface area (Å²) in [4.78, 5) is 14.2. The summed E-state index contributed by atoms with van der Waals surface area (Å²) in [5, 5.41) is 2.98.